The van der Waals surface area contributed by atoms with Crippen molar-refractivity contribution in [3.8, 4) is 0 Å². The number of carbonyl (C=O) groups excluding carboxylic acids is 2. The van der Waals surface area contributed by atoms with E-state index in [2.05, 4.69) is 33.8 Å². The van der Waals surface area contributed by atoms with Gasteiger partial charge in [0, 0.05) is 5.56 Å². The molecule has 1 aliphatic heterocycles. The van der Waals surface area contributed by atoms with Crippen LogP contribution in [0.15, 0.2) is 72.3 Å². The van der Waals surface area contributed by atoms with Crippen LogP contribution in [0.3, 0.4) is 0 Å². The molecule has 5 rings (SSSR count). The third kappa shape index (κ3) is 4.46. The van der Waals surface area contributed by atoms with Crippen LogP contribution in [0.2, 0.25) is 0 Å². The number of aliphatic hydroxyl groups is 1. The first-order valence-electron chi connectivity index (χ1n) is 12.5. The second-order valence-corrected chi connectivity index (χ2v) is 11.6. The van der Waals surface area contributed by atoms with E-state index in [0.717, 1.165) is 33.3 Å². The van der Waals surface area contributed by atoms with Crippen LogP contribution in [0.4, 0.5) is 5.13 Å². The highest BCUT2D eigenvalue weighted by molar-refractivity contribution is 7.22. The summed E-state index contributed by atoms with van der Waals surface area (Å²) in [4.78, 5) is 33.2. The Morgan fingerprint density at radius 3 is 2.30 bits per heavy atom. The molecule has 6 heteroatoms. The molecule has 3 aromatic carbocycles. The Balaban J connectivity index is 1.70. The number of aliphatic hydroxyl groups excluding tert-OH is 1. The van der Waals surface area contributed by atoms with Gasteiger partial charge in [0.25, 0.3) is 5.78 Å². The largest absolute Gasteiger partial charge is 0.507 e. The number of fused-ring (bicyclic) bond motifs is 1. The summed E-state index contributed by atoms with van der Waals surface area (Å²) in [5, 5.41) is 11.8. The van der Waals surface area contributed by atoms with Crippen molar-refractivity contribution in [2.75, 3.05) is 4.90 Å². The lowest BCUT2D eigenvalue weighted by Gasteiger charge is -2.24. The molecular weight excluding hydrogens is 480 g/mol. The van der Waals surface area contributed by atoms with E-state index in [1.807, 2.05) is 55.5 Å². The van der Waals surface area contributed by atoms with Gasteiger partial charge < -0.3 is 5.11 Å². The highest BCUT2D eigenvalue weighted by Crippen LogP contribution is 2.44. The smallest absolute Gasteiger partial charge is 0.301 e. The van der Waals surface area contributed by atoms with E-state index in [9.17, 15) is 14.7 Å². The molecular formula is C31H30N2O3S. The number of hydrogen-bond donors (Lipinski definition) is 1. The molecule has 1 saturated heterocycles. The molecule has 37 heavy (non-hydrogen) atoms. The number of ketones is 1. The average molecular weight is 511 g/mol. The zero-order valence-electron chi connectivity index (χ0n) is 21.7. The van der Waals surface area contributed by atoms with Crippen LogP contribution in [0.5, 0.6) is 0 Å². The summed E-state index contributed by atoms with van der Waals surface area (Å²) < 4.78 is 0.955. The second-order valence-electron chi connectivity index (χ2n) is 10.6. The number of hydrogen-bond acceptors (Lipinski definition) is 5. The fraction of sp³-hybridized carbons (Fsp3) is 0.258. The predicted octanol–water partition coefficient (Wildman–Crippen LogP) is 7.09. The minimum atomic E-state index is -0.790. The van der Waals surface area contributed by atoms with Gasteiger partial charge in [-0.05, 0) is 47.6 Å². The fourth-order valence-corrected chi connectivity index (χ4v) is 5.71. The molecule has 1 unspecified atom stereocenters. The van der Waals surface area contributed by atoms with Crippen molar-refractivity contribution in [2.24, 2.45) is 0 Å². The molecule has 0 spiro atoms. The van der Waals surface area contributed by atoms with Crippen LogP contribution in [0.1, 0.15) is 61.6 Å². The van der Waals surface area contributed by atoms with E-state index >= 15 is 0 Å². The van der Waals surface area contributed by atoms with Crippen LogP contribution in [0, 0.1) is 6.92 Å². The summed E-state index contributed by atoms with van der Waals surface area (Å²) in [6.07, 6.45) is 0.893. The molecule has 1 N–H and O–H groups in total. The summed E-state index contributed by atoms with van der Waals surface area (Å²) in [5.74, 6) is -1.58. The molecule has 5 nitrogen and oxygen atoms in total. The van der Waals surface area contributed by atoms with Crippen LogP contribution in [0.25, 0.3) is 16.0 Å². The number of anilines is 1. The molecule has 1 aliphatic rings. The summed E-state index contributed by atoms with van der Waals surface area (Å²) >= 11 is 1.38. The second kappa shape index (κ2) is 9.27. The Hall–Kier alpha value is -3.77. The number of Topliss-reactive ketones (excluding diaryl/α,β-unsaturated/α-hetero) is 1. The third-order valence-corrected chi connectivity index (χ3v) is 7.94. The van der Waals surface area contributed by atoms with Gasteiger partial charge in [0.1, 0.15) is 5.76 Å². The van der Waals surface area contributed by atoms with Gasteiger partial charge in [-0.2, -0.15) is 0 Å². The van der Waals surface area contributed by atoms with E-state index < -0.39 is 17.7 Å². The first kappa shape index (κ1) is 24.9. The zero-order chi connectivity index (χ0) is 26.5. The molecule has 0 aliphatic carbocycles. The van der Waals surface area contributed by atoms with Crippen LogP contribution in [-0.4, -0.2) is 21.8 Å². The Morgan fingerprint density at radius 2 is 1.68 bits per heavy atom. The van der Waals surface area contributed by atoms with E-state index in [4.69, 9.17) is 4.98 Å². The Bertz CT molecular complexity index is 1540. The summed E-state index contributed by atoms with van der Waals surface area (Å²) in [5.41, 5.74) is 5.40. The quantitative estimate of drug-likeness (QED) is 0.181. The maximum atomic E-state index is 13.5. The first-order chi connectivity index (χ1) is 17.6. The molecule has 1 aromatic heterocycles. The molecule has 4 aromatic rings. The topological polar surface area (TPSA) is 70.5 Å². The fourth-order valence-electron chi connectivity index (χ4n) is 4.66. The normalized spacial score (nSPS) is 17.6. The molecule has 2 heterocycles. The summed E-state index contributed by atoms with van der Waals surface area (Å²) in [6.45, 7) is 10.5. The van der Waals surface area contributed by atoms with Crippen molar-refractivity contribution in [1.29, 1.82) is 0 Å². The van der Waals surface area contributed by atoms with Crippen molar-refractivity contribution < 1.29 is 14.7 Å². The van der Waals surface area contributed by atoms with E-state index in [-0.39, 0.29) is 16.7 Å². The van der Waals surface area contributed by atoms with Crippen molar-refractivity contribution in [3.63, 3.8) is 0 Å². The number of aromatic nitrogens is 1. The zero-order valence-corrected chi connectivity index (χ0v) is 22.5. The van der Waals surface area contributed by atoms with E-state index in [1.165, 1.54) is 21.8 Å². The van der Waals surface area contributed by atoms with Crippen LogP contribution < -0.4 is 4.90 Å². The van der Waals surface area contributed by atoms with Gasteiger partial charge in [-0.3, -0.25) is 14.5 Å². The lowest BCUT2D eigenvalue weighted by Crippen LogP contribution is -2.29. The number of carbonyl (C=O) groups is 2. The molecule has 0 radical (unpaired) electrons. The molecule has 0 saturated carbocycles. The minimum absolute atomic E-state index is 0.0493. The highest BCUT2D eigenvalue weighted by Gasteiger charge is 2.48. The van der Waals surface area contributed by atoms with Gasteiger partial charge in [-0.1, -0.05) is 99.2 Å². The summed E-state index contributed by atoms with van der Waals surface area (Å²) in [6, 6.07) is 20.5. The number of aryl methyl sites for hydroxylation is 2. The SMILES string of the molecule is CCc1ccc2nc(N3C(=O)C(=O)/C(=C(/O)c4ccc(C)cc4)C3c3ccc(C(C)(C)C)cc3)sc2c1. The highest BCUT2D eigenvalue weighted by atomic mass is 32.1. The standard InChI is InChI=1S/C31H30N2O3S/c1-6-19-9-16-23-24(17-19)37-30(32-23)33-26(20-12-14-22(15-13-20)31(3,4)5)25(28(35)29(33)36)27(34)21-10-7-18(2)8-11-21/h7-17,26,34H,6H2,1-5H3/b27-25+. The van der Waals surface area contributed by atoms with Gasteiger partial charge in [0.15, 0.2) is 5.13 Å². The number of rotatable bonds is 4. The number of benzene rings is 3. The molecule has 1 amide bonds. The maximum Gasteiger partial charge on any atom is 0.301 e. The van der Waals surface area contributed by atoms with E-state index in [0.29, 0.717) is 10.7 Å². The van der Waals surface area contributed by atoms with Gasteiger partial charge >= 0.3 is 5.91 Å². The van der Waals surface area contributed by atoms with Gasteiger partial charge in [0.2, 0.25) is 0 Å². The van der Waals surface area contributed by atoms with Crippen LogP contribution >= 0.6 is 11.3 Å². The summed E-state index contributed by atoms with van der Waals surface area (Å²) in [7, 11) is 0. The lowest BCUT2D eigenvalue weighted by molar-refractivity contribution is -0.132. The van der Waals surface area contributed by atoms with Gasteiger partial charge in [-0.15, -0.1) is 0 Å². The van der Waals surface area contributed by atoms with Crippen molar-refractivity contribution in [1.82, 2.24) is 4.98 Å². The monoisotopic (exact) mass is 510 g/mol. The Labute approximate surface area is 221 Å². The molecule has 1 fully saturated rings. The van der Waals surface area contributed by atoms with Gasteiger partial charge in [0.05, 0.1) is 21.8 Å². The lowest BCUT2D eigenvalue weighted by atomic mass is 9.85. The Kier molecular flexibility index (Phi) is 6.24. The number of amides is 1. The minimum Gasteiger partial charge on any atom is -0.507 e. The third-order valence-electron chi connectivity index (χ3n) is 6.92. The Morgan fingerprint density at radius 1 is 1.00 bits per heavy atom. The molecule has 188 valence electrons. The molecule has 1 atom stereocenters. The molecule has 0 bridgehead atoms. The van der Waals surface area contributed by atoms with Crippen molar-refractivity contribution in [2.45, 2.75) is 52.5 Å². The van der Waals surface area contributed by atoms with Crippen molar-refractivity contribution >= 4 is 44.1 Å². The average Bonchev–Trinajstić information content (AvgIpc) is 3.41. The number of thiazole rings is 1. The maximum absolute atomic E-state index is 13.5. The first-order valence-corrected chi connectivity index (χ1v) is 13.3. The number of nitrogens with zero attached hydrogens (tertiary/aromatic N) is 2. The van der Waals surface area contributed by atoms with Crippen molar-refractivity contribution in [3.05, 3.63) is 100 Å². The van der Waals surface area contributed by atoms with Crippen LogP contribution in [-0.2, 0) is 21.4 Å². The van der Waals surface area contributed by atoms with E-state index in [1.54, 1.807) is 12.1 Å². The predicted molar refractivity (Wildman–Crippen MR) is 150 cm³/mol. The van der Waals surface area contributed by atoms with Gasteiger partial charge in [-0.25, -0.2) is 4.98 Å².